The van der Waals surface area contributed by atoms with Crippen LogP contribution in [0.15, 0.2) is 37.0 Å². The zero-order valence-corrected chi connectivity index (χ0v) is 10.2. The molecule has 17 heavy (non-hydrogen) atoms. The van der Waals surface area contributed by atoms with E-state index in [2.05, 4.69) is 37.0 Å². The van der Waals surface area contributed by atoms with Gasteiger partial charge in [-0.3, -0.25) is 4.79 Å². The Morgan fingerprint density at radius 2 is 1.94 bits per heavy atom. The Hall–Kier alpha value is -1.11. The average Bonchev–Trinajstić information content (AvgIpc) is 2.56. The van der Waals surface area contributed by atoms with Crippen LogP contribution in [0.3, 0.4) is 0 Å². The lowest BCUT2D eigenvalue weighted by Crippen LogP contribution is -2.30. The second-order valence-electron chi connectivity index (χ2n) is 5.69. The van der Waals surface area contributed by atoms with Gasteiger partial charge in [-0.25, -0.2) is 0 Å². The van der Waals surface area contributed by atoms with Gasteiger partial charge in [0.25, 0.3) is 0 Å². The van der Waals surface area contributed by atoms with Gasteiger partial charge in [0.15, 0.2) is 0 Å². The lowest BCUT2D eigenvalue weighted by Gasteiger charge is -2.26. The molecule has 3 aliphatic rings. The molecule has 0 aromatic heterocycles. The molecule has 1 unspecified atom stereocenters. The Bertz CT molecular complexity index is 390. The van der Waals surface area contributed by atoms with Crippen molar-refractivity contribution in [2.45, 2.75) is 25.7 Å². The molecule has 0 heterocycles. The van der Waals surface area contributed by atoms with E-state index in [1.807, 2.05) is 0 Å². The molecule has 0 N–H and O–H groups in total. The fourth-order valence-electron chi connectivity index (χ4n) is 3.96. The molecular formula is C16H20O. The lowest BCUT2D eigenvalue weighted by molar-refractivity contribution is -0.128. The Kier molecular flexibility index (Phi) is 2.78. The summed E-state index contributed by atoms with van der Waals surface area (Å²) < 4.78 is 0. The van der Waals surface area contributed by atoms with Crippen LogP contribution in [-0.4, -0.2) is 5.78 Å². The van der Waals surface area contributed by atoms with E-state index in [1.165, 1.54) is 0 Å². The topological polar surface area (TPSA) is 17.1 Å². The van der Waals surface area contributed by atoms with Crippen molar-refractivity contribution in [2.75, 3.05) is 0 Å². The van der Waals surface area contributed by atoms with Crippen LogP contribution in [-0.2, 0) is 4.79 Å². The normalized spacial score (nSPS) is 45.9. The molecule has 0 aliphatic heterocycles. The molecule has 2 bridgehead atoms. The molecule has 0 radical (unpaired) electrons. The van der Waals surface area contributed by atoms with Crippen LogP contribution in [0, 0.1) is 29.6 Å². The first-order chi connectivity index (χ1) is 8.31. The fraction of sp³-hybridized carbons (Fsp3) is 0.562. The summed E-state index contributed by atoms with van der Waals surface area (Å²) in [7, 11) is 0. The Morgan fingerprint density at radius 3 is 2.76 bits per heavy atom. The van der Waals surface area contributed by atoms with Crippen molar-refractivity contribution in [1.29, 1.82) is 0 Å². The van der Waals surface area contributed by atoms with E-state index < -0.39 is 0 Å². The molecule has 1 nitrogen and oxygen atoms in total. The molecule has 1 fully saturated rings. The number of carbonyl (C=O) groups excluding carboxylic acids is 1. The number of ketones is 1. The van der Waals surface area contributed by atoms with Crippen molar-refractivity contribution in [3.63, 3.8) is 0 Å². The Balaban J connectivity index is 2.02. The number of hydrogen-bond donors (Lipinski definition) is 0. The molecule has 90 valence electrons. The predicted molar refractivity (Wildman–Crippen MR) is 69.4 cm³/mol. The third-order valence-electron chi connectivity index (χ3n) is 4.85. The van der Waals surface area contributed by atoms with E-state index in [4.69, 9.17) is 0 Å². The smallest absolute Gasteiger partial charge is 0.140 e. The maximum atomic E-state index is 12.6. The largest absolute Gasteiger partial charge is 0.299 e. The lowest BCUT2D eigenvalue weighted by atomic mass is 9.76. The number of Topliss-reactive ketones (excluding diaryl/α,β-unsaturated/α-hetero) is 1. The number of hydrogen-bond acceptors (Lipinski definition) is 1. The maximum Gasteiger partial charge on any atom is 0.140 e. The van der Waals surface area contributed by atoms with Gasteiger partial charge in [0.2, 0.25) is 0 Å². The molecule has 3 rings (SSSR count). The van der Waals surface area contributed by atoms with E-state index in [0.717, 1.165) is 25.7 Å². The number of rotatable bonds is 1. The van der Waals surface area contributed by atoms with Gasteiger partial charge in [0.05, 0.1) is 0 Å². The minimum atomic E-state index is 0.240. The molecule has 0 aromatic carbocycles. The summed E-state index contributed by atoms with van der Waals surface area (Å²) in [6.45, 7) is 3.96. The third kappa shape index (κ3) is 1.72. The highest BCUT2D eigenvalue weighted by atomic mass is 16.1. The summed E-state index contributed by atoms with van der Waals surface area (Å²) in [6, 6.07) is 0. The van der Waals surface area contributed by atoms with Crippen molar-refractivity contribution < 1.29 is 4.79 Å². The molecule has 0 spiro atoms. The van der Waals surface area contributed by atoms with Crippen LogP contribution in [0.5, 0.6) is 0 Å². The quantitative estimate of drug-likeness (QED) is 0.627. The molecular weight excluding hydrogens is 208 g/mol. The molecule has 0 aromatic rings. The Labute approximate surface area is 103 Å². The van der Waals surface area contributed by atoms with Gasteiger partial charge in [0, 0.05) is 11.8 Å². The summed E-state index contributed by atoms with van der Waals surface area (Å²) in [6.07, 6.45) is 15.2. The predicted octanol–water partition coefficient (Wildman–Crippen LogP) is 3.54. The highest BCUT2D eigenvalue weighted by molar-refractivity contribution is 5.85. The highest BCUT2D eigenvalue weighted by Gasteiger charge is 2.46. The minimum absolute atomic E-state index is 0.240. The van der Waals surface area contributed by atoms with E-state index in [-0.39, 0.29) is 11.8 Å². The molecule has 1 saturated carbocycles. The standard InChI is InChI=1S/C16H20O/c1-2-11-10-13-8-5-7-12-6-3-4-9-14(11)15(13)16(12)17/h2-5,8,11-15H,1,6-7,9-10H2/b4-3-/t11-,12-,13+,14+,15?/m0/s1. The molecule has 0 amide bonds. The highest BCUT2D eigenvalue weighted by Crippen LogP contribution is 2.48. The van der Waals surface area contributed by atoms with E-state index >= 15 is 0 Å². The van der Waals surface area contributed by atoms with Crippen LogP contribution in [0.2, 0.25) is 0 Å². The van der Waals surface area contributed by atoms with Gasteiger partial charge in [-0.1, -0.05) is 30.4 Å². The van der Waals surface area contributed by atoms with Crippen molar-refractivity contribution in [3.05, 3.63) is 37.0 Å². The second-order valence-corrected chi connectivity index (χ2v) is 5.69. The van der Waals surface area contributed by atoms with Crippen LogP contribution < -0.4 is 0 Å². The van der Waals surface area contributed by atoms with Crippen LogP contribution in [0.25, 0.3) is 0 Å². The molecule has 1 heteroatoms. The zero-order valence-electron chi connectivity index (χ0n) is 10.2. The van der Waals surface area contributed by atoms with Crippen LogP contribution >= 0.6 is 0 Å². The van der Waals surface area contributed by atoms with Gasteiger partial charge in [0.1, 0.15) is 5.78 Å². The zero-order chi connectivity index (χ0) is 11.8. The van der Waals surface area contributed by atoms with Gasteiger partial charge in [-0.05, 0) is 43.4 Å². The molecule has 0 saturated heterocycles. The monoisotopic (exact) mass is 228 g/mol. The SMILES string of the molecule is C=C[C@H]1C[C@H]2C=CC[C@@H]3C/C=C\C[C@H]1C2C3=O. The summed E-state index contributed by atoms with van der Waals surface area (Å²) in [5.41, 5.74) is 0. The fourth-order valence-corrected chi connectivity index (χ4v) is 3.96. The molecule has 3 aliphatic carbocycles. The van der Waals surface area contributed by atoms with Crippen LogP contribution in [0.1, 0.15) is 25.7 Å². The summed E-state index contributed by atoms with van der Waals surface area (Å²) in [5.74, 6) is 2.55. The number of allylic oxidation sites excluding steroid dienone is 5. The first kappa shape index (κ1) is 11.0. The number of fused-ring (bicyclic) bond motifs is 1. The van der Waals surface area contributed by atoms with Gasteiger partial charge < -0.3 is 0 Å². The summed E-state index contributed by atoms with van der Waals surface area (Å²) in [4.78, 5) is 12.6. The van der Waals surface area contributed by atoms with Gasteiger partial charge in [-0.2, -0.15) is 0 Å². The van der Waals surface area contributed by atoms with Gasteiger partial charge >= 0.3 is 0 Å². The maximum absolute atomic E-state index is 12.6. The second kappa shape index (κ2) is 4.29. The number of carbonyl (C=O) groups is 1. The van der Waals surface area contributed by atoms with Gasteiger partial charge in [-0.15, -0.1) is 6.58 Å². The first-order valence-electron chi connectivity index (χ1n) is 6.79. The summed E-state index contributed by atoms with van der Waals surface area (Å²) >= 11 is 0. The van der Waals surface area contributed by atoms with Crippen molar-refractivity contribution in [2.24, 2.45) is 29.6 Å². The van der Waals surface area contributed by atoms with Crippen molar-refractivity contribution in [1.82, 2.24) is 0 Å². The van der Waals surface area contributed by atoms with Crippen molar-refractivity contribution in [3.8, 4) is 0 Å². The van der Waals surface area contributed by atoms with Crippen LogP contribution in [0.4, 0.5) is 0 Å². The molecule has 5 atom stereocenters. The third-order valence-corrected chi connectivity index (χ3v) is 4.85. The minimum Gasteiger partial charge on any atom is -0.299 e. The summed E-state index contributed by atoms with van der Waals surface area (Å²) in [5, 5.41) is 0. The first-order valence-corrected chi connectivity index (χ1v) is 6.79. The Morgan fingerprint density at radius 1 is 1.18 bits per heavy atom. The van der Waals surface area contributed by atoms with E-state index in [9.17, 15) is 4.79 Å². The van der Waals surface area contributed by atoms with Crippen molar-refractivity contribution >= 4 is 5.78 Å². The van der Waals surface area contributed by atoms with E-state index in [0.29, 0.717) is 23.5 Å². The van der Waals surface area contributed by atoms with E-state index in [1.54, 1.807) is 0 Å². The average molecular weight is 228 g/mol.